The quantitative estimate of drug-likeness (QED) is 0.308. The van der Waals surface area contributed by atoms with E-state index in [2.05, 4.69) is 5.92 Å². The maximum atomic E-state index is 13.6. The number of amides is 1. The average Bonchev–Trinajstić information content (AvgIpc) is 2.81. The van der Waals surface area contributed by atoms with Crippen LogP contribution in [0, 0.1) is 12.3 Å². The van der Waals surface area contributed by atoms with Crippen molar-refractivity contribution >= 4 is 31.0 Å². The molecule has 5 heteroatoms. The summed E-state index contributed by atoms with van der Waals surface area (Å²) in [7, 11) is 1.62. The third kappa shape index (κ3) is 3.62. The van der Waals surface area contributed by atoms with Gasteiger partial charge in [-0.3, -0.25) is 0 Å². The fourth-order valence-electron chi connectivity index (χ4n) is 3.60. The molecule has 30 heavy (non-hydrogen) atoms. The Labute approximate surface area is 183 Å². The summed E-state index contributed by atoms with van der Waals surface area (Å²) in [5, 5.41) is 0. The summed E-state index contributed by atoms with van der Waals surface area (Å²) in [6.07, 6.45) is 5.51. The van der Waals surface area contributed by atoms with Crippen LogP contribution in [0.25, 0.3) is 0 Å². The summed E-state index contributed by atoms with van der Waals surface area (Å²) >= 11 is -0.272. The molecule has 1 aliphatic heterocycles. The third-order valence-electron chi connectivity index (χ3n) is 4.98. The maximum absolute atomic E-state index is 13.6. The van der Waals surface area contributed by atoms with Gasteiger partial charge < -0.3 is 0 Å². The molecule has 3 aromatic rings. The van der Waals surface area contributed by atoms with E-state index in [1.165, 1.54) is 0 Å². The van der Waals surface area contributed by atoms with Gasteiger partial charge in [0.05, 0.1) is 0 Å². The number of β-lactam (4-membered cyclic amide) rings is 1. The molecule has 0 N–H and O–H groups in total. The normalized spacial score (nSPS) is 20.3. The zero-order valence-corrected chi connectivity index (χ0v) is 18.2. The molecule has 4 nitrogen and oxygen atoms in total. The summed E-state index contributed by atoms with van der Waals surface area (Å²) in [6.45, 7) is 0.0834. The van der Waals surface area contributed by atoms with Crippen molar-refractivity contribution in [2.45, 2.75) is 10.5 Å². The van der Waals surface area contributed by atoms with Crippen LogP contribution in [0.15, 0.2) is 84.9 Å². The molecule has 0 radical (unpaired) electrons. The summed E-state index contributed by atoms with van der Waals surface area (Å²) < 4.78 is 11.5. The van der Waals surface area contributed by atoms with Crippen molar-refractivity contribution in [2.75, 3.05) is 18.6 Å². The van der Waals surface area contributed by atoms with E-state index in [9.17, 15) is 4.79 Å². The Bertz CT molecular complexity index is 1050. The molecule has 2 atom stereocenters. The van der Waals surface area contributed by atoms with Crippen LogP contribution in [-0.2, 0) is 9.53 Å². The Balaban J connectivity index is 1.79. The van der Waals surface area contributed by atoms with Gasteiger partial charge >= 0.3 is 183 Å². The van der Waals surface area contributed by atoms with Gasteiger partial charge in [0.2, 0.25) is 0 Å². The van der Waals surface area contributed by atoms with Crippen molar-refractivity contribution < 1.29 is 14.3 Å². The summed E-state index contributed by atoms with van der Waals surface area (Å²) in [5.74, 6) is 3.21. The number of terminal acetylenes is 1. The standard InChI is InChI=1S/C25H21NO3Se/c1-3-18-29-25(30-22-12-8-5-9-13-22)23(19-10-6-4-7-11-19)26(24(25)27)20-14-16-21(28-2)17-15-20/h1,4-17,23H,18H2,2H3/t23-,25+/m1/s1. The molecule has 3 aromatic carbocycles. The number of carbonyl (C=O) groups is 1. The van der Waals surface area contributed by atoms with Crippen LogP contribution in [0.4, 0.5) is 5.69 Å². The van der Waals surface area contributed by atoms with E-state index in [0.717, 1.165) is 21.5 Å². The molecule has 1 heterocycles. The number of carbonyl (C=O) groups excluding carboxylic acids is 1. The van der Waals surface area contributed by atoms with Gasteiger partial charge in [-0.05, 0) is 0 Å². The zero-order chi connectivity index (χ0) is 21.0. The Kier molecular flexibility index (Phi) is 5.92. The van der Waals surface area contributed by atoms with Crippen LogP contribution in [-0.4, -0.2) is 39.1 Å². The number of methoxy groups -OCH3 is 1. The van der Waals surface area contributed by atoms with E-state index in [4.69, 9.17) is 15.9 Å². The van der Waals surface area contributed by atoms with Crippen LogP contribution in [0.3, 0.4) is 0 Å². The number of rotatable bonds is 7. The molecule has 0 unspecified atom stereocenters. The summed E-state index contributed by atoms with van der Waals surface area (Å²) in [5.41, 5.74) is 1.82. The predicted octanol–water partition coefficient (Wildman–Crippen LogP) is 3.16. The molecule has 0 spiro atoms. The molecular formula is C25H21NO3Se. The second-order valence-corrected chi connectivity index (χ2v) is 9.45. The van der Waals surface area contributed by atoms with E-state index in [0.29, 0.717) is 0 Å². The minimum absolute atomic E-state index is 0.0689. The monoisotopic (exact) mass is 463 g/mol. The predicted molar refractivity (Wildman–Crippen MR) is 119 cm³/mol. The average molecular weight is 462 g/mol. The van der Waals surface area contributed by atoms with Crippen molar-refractivity contribution in [1.29, 1.82) is 0 Å². The number of nitrogens with zero attached hydrogens (tertiary/aromatic N) is 1. The zero-order valence-electron chi connectivity index (χ0n) is 16.5. The van der Waals surface area contributed by atoms with E-state index >= 15 is 0 Å². The van der Waals surface area contributed by atoms with Crippen molar-refractivity contribution in [2.24, 2.45) is 0 Å². The molecule has 1 amide bonds. The molecular weight excluding hydrogens is 441 g/mol. The molecule has 1 saturated heterocycles. The Hall–Kier alpha value is -3.03. The molecule has 0 bridgehead atoms. The third-order valence-corrected chi connectivity index (χ3v) is 7.77. The molecule has 1 fully saturated rings. The Morgan fingerprint density at radius 1 is 1.00 bits per heavy atom. The van der Waals surface area contributed by atoms with E-state index in [1.54, 1.807) is 12.0 Å². The second-order valence-electron chi connectivity index (χ2n) is 6.76. The first kappa shape index (κ1) is 20.3. The van der Waals surface area contributed by atoms with Crippen molar-refractivity contribution in [3.63, 3.8) is 0 Å². The van der Waals surface area contributed by atoms with Crippen LogP contribution < -0.4 is 14.1 Å². The summed E-state index contributed by atoms with van der Waals surface area (Å²) in [6, 6.07) is 27.2. The minimum atomic E-state index is -0.998. The van der Waals surface area contributed by atoms with Crippen LogP contribution in [0.1, 0.15) is 11.6 Å². The Morgan fingerprint density at radius 3 is 2.23 bits per heavy atom. The SMILES string of the molecule is C#CCO[C@@]1([Se]c2ccccc2)C(=O)N(c2ccc(OC)cc2)[C@@H]1c1ccccc1. The summed E-state index contributed by atoms with van der Waals surface area (Å²) in [4.78, 5) is 15.5. The fraction of sp³-hybridized carbons (Fsp3) is 0.160. The van der Waals surface area contributed by atoms with Gasteiger partial charge in [0, 0.05) is 0 Å². The van der Waals surface area contributed by atoms with Crippen LogP contribution in [0.2, 0.25) is 0 Å². The van der Waals surface area contributed by atoms with Crippen molar-refractivity contribution in [3.05, 3.63) is 90.5 Å². The number of hydrogen-bond acceptors (Lipinski definition) is 3. The molecule has 0 aliphatic carbocycles. The van der Waals surface area contributed by atoms with Gasteiger partial charge in [0.1, 0.15) is 0 Å². The van der Waals surface area contributed by atoms with Gasteiger partial charge in [-0.1, -0.05) is 0 Å². The van der Waals surface area contributed by atoms with Crippen LogP contribution >= 0.6 is 0 Å². The molecule has 4 rings (SSSR count). The molecule has 1 aliphatic rings. The van der Waals surface area contributed by atoms with Gasteiger partial charge in [0.25, 0.3) is 0 Å². The first-order chi connectivity index (χ1) is 14.7. The van der Waals surface area contributed by atoms with Gasteiger partial charge in [-0.2, -0.15) is 0 Å². The van der Waals surface area contributed by atoms with Gasteiger partial charge in [0.15, 0.2) is 0 Å². The van der Waals surface area contributed by atoms with Crippen molar-refractivity contribution in [3.8, 4) is 18.1 Å². The molecule has 0 aromatic heterocycles. The first-order valence-electron chi connectivity index (χ1n) is 9.54. The molecule has 0 saturated carbocycles. The fourth-order valence-corrected chi connectivity index (χ4v) is 6.33. The van der Waals surface area contributed by atoms with Gasteiger partial charge in [-0.25, -0.2) is 0 Å². The second kappa shape index (κ2) is 8.77. The number of benzene rings is 3. The first-order valence-corrected chi connectivity index (χ1v) is 11.2. The number of hydrogen-bond donors (Lipinski definition) is 0. The van der Waals surface area contributed by atoms with Gasteiger partial charge in [-0.15, -0.1) is 0 Å². The van der Waals surface area contributed by atoms with E-state index < -0.39 is 4.50 Å². The van der Waals surface area contributed by atoms with Crippen LogP contribution in [0.5, 0.6) is 5.75 Å². The number of ether oxygens (including phenoxy) is 2. The topological polar surface area (TPSA) is 38.8 Å². The Morgan fingerprint density at radius 2 is 1.63 bits per heavy atom. The number of anilines is 1. The molecule has 150 valence electrons. The van der Waals surface area contributed by atoms with E-state index in [1.807, 2.05) is 84.9 Å². The van der Waals surface area contributed by atoms with Crippen molar-refractivity contribution in [1.82, 2.24) is 0 Å². The van der Waals surface area contributed by atoms with E-state index in [-0.39, 0.29) is 33.5 Å².